The highest BCUT2D eigenvalue weighted by Crippen LogP contribution is 2.27. The average molecular weight is 465 g/mol. The molecule has 0 aromatic carbocycles. The molecule has 0 atom stereocenters. The first-order valence-electron chi connectivity index (χ1n) is 12.4. The van der Waals surface area contributed by atoms with Gasteiger partial charge in [0.25, 0.3) is 0 Å². The van der Waals surface area contributed by atoms with Gasteiger partial charge in [-0.05, 0) is 82.4 Å². The SMILES string of the molecule is CC(C)O/N=C(\c1ccccn1)C1CCN(C(=O)C2CCN(Cc3ccnc(N)c3)CC2)CC1. The van der Waals surface area contributed by atoms with Crippen molar-refractivity contribution in [2.75, 3.05) is 31.9 Å². The third-order valence-electron chi connectivity index (χ3n) is 6.67. The molecule has 0 saturated carbocycles. The summed E-state index contributed by atoms with van der Waals surface area (Å²) in [7, 11) is 0. The molecule has 4 rings (SSSR count). The number of aromatic nitrogens is 2. The Labute approximate surface area is 202 Å². The average Bonchev–Trinajstić information content (AvgIpc) is 2.85. The number of nitrogens with two attached hydrogens (primary N) is 1. The number of carbonyl (C=O) groups is 1. The Morgan fingerprint density at radius 1 is 1.06 bits per heavy atom. The fraction of sp³-hybridized carbons (Fsp3) is 0.538. The van der Waals surface area contributed by atoms with Crippen molar-refractivity contribution >= 4 is 17.4 Å². The third kappa shape index (κ3) is 6.32. The van der Waals surface area contributed by atoms with Crippen molar-refractivity contribution in [1.82, 2.24) is 19.8 Å². The summed E-state index contributed by atoms with van der Waals surface area (Å²) >= 11 is 0. The predicted octanol–water partition coefficient (Wildman–Crippen LogP) is 3.34. The molecule has 8 heteroatoms. The number of nitrogen functional groups attached to an aromatic ring is 1. The van der Waals surface area contributed by atoms with E-state index in [1.54, 1.807) is 12.4 Å². The quantitative estimate of drug-likeness (QED) is 0.499. The van der Waals surface area contributed by atoms with Crippen LogP contribution in [0.1, 0.15) is 50.8 Å². The summed E-state index contributed by atoms with van der Waals surface area (Å²) in [5.41, 5.74) is 8.73. The number of anilines is 1. The van der Waals surface area contributed by atoms with Gasteiger partial charge in [0.05, 0.1) is 5.69 Å². The van der Waals surface area contributed by atoms with Crippen molar-refractivity contribution in [3.05, 3.63) is 54.0 Å². The van der Waals surface area contributed by atoms with Crippen LogP contribution in [-0.4, -0.2) is 63.7 Å². The van der Waals surface area contributed by atoms with Crippen LogP contribution in [0, 0.1) is 11.8 Å². The van der Waals surface area contributed by atoms with Crippen LogP contribution >= 0.6 is 0 Å². The lowest BCUT2D eigenvalue weighted by atomic mass is 9.88. The molecule has 0 aliphatic carbocycles. The van der Waals surface area contributed by atoms with Crippen LogP contribution in [-0.2, 0) is 16.2 Å². The topological polar surface area (TPSA) is 96.9 Å². The Balaban J connectivity index is 1.29. The molecule has 0 unspecified atom stereocenters. The predicted molar refractivity (Wildman–Crippen MR) is 133 cm³/mol. The van der Waals surface area contributed by atoms with Gasteiger partial charge in [-0.15, -0.1) is 0 Å². The number of hydrogen-bond acceptors (Lipinski definition) is 7. The van der Waals surface area contributed by atoms with Crippen molar-refractivity contribution in [2.45, 2.75) is 52.2 Å². The van der Waals surface area contributed by atoms with E-state index in [0.717, 1.165) is 69.8 Å². The zero-order valence-corrected chi connectivity index (χ0v) is 20.3. The Morgan fingerprint density at radius 2 is 1.79 bits per heavy atom. The monoisotopic (exact) mass is 464 g/mol. The van der Waals surface area contributed by atoms with Gasteiger partial charge in [0.15, 0.2) is 0 Å². The molecule has 4 heterocycles. The van der Waals surface area contributed by atoms with E-state index in [9.17, 15) is 4.79 Å². The summed E-state index contributed by atoms with van der Waals surface area (Å²) in [6, 6.07) is 9.79. The Hall–Kier alpha value is -3.00. The van der Waals surface area contributed by atoms with Crippen molar-refractivity contribution in [3.63, 3.8) is 0 Å². The molecule has 2 aromatic heterocycles. The minimum atomic E-state index is 0.0159. The van der Waals surface area contributed by atoms with E-state index < -0.39 is 0 Å². The number of pyridine rings is 2. The van der Waals surface area contributed by atoms with Gasteiger partial charge in [-0.25, -0.2) is 4.98 Å². The first kappa shape index (κ1) is 24.1. The first-order chi connectivity index (χ1) is 16.5. The third-order valence-corrected chi connectivity index (χ3v) is 6.67. The summed E-state index contributed by atoms with van der Waals surface area (Å²) in [6.07, 6.45) is 7.13. The first-order valence-corrected chi connectivity index (χ1v) is 12.4. The number of piperidine rings is 2. The molecule has 0 radical (unpaired) electrons. The molecule has 2 aliphatic heterocycles. The number of amides is 1. The highest BCUT2D eigenvalue weighted by Gasteiger charge is 2.32. The number of carbonyl (C=O) groups excluding carboxylic acids is 1. The molecule has 8 nitrogen and oxygen atoms in total. The molecule has 2 fully saturated rings. The summed E-state index contributed by atoms with van der Waals surface area (Å²) < 4.78 is 0. The second kappa shape index (κ2) is 11.4. The van der Waals surface area contributed by atoms with Gasteiger partial charge in [-0.3, -0.25) is 14.7 Å². The fourth-order valence-corrected chi connectivity index (χ4v) is 4.83. The highest BCUT2D eigenvalue weighted by atomic mass is 16.6. The number of nitrogens with zero attached hydrogens (tertiary/aromatic N) is 5. The van der Waals surface area contributed by atoms with Crippen LogP contribution in [0.5, 0.6) is 0 Å². The molecule has 0 bridgehead atoms. The lowest BCUT2D eigenvalue weighted by Crippen LogP contribution is -2.46. The van der Waals surface area contributed by atoms with Gasteiger partial charge >= 0.3 is 0 Å². The molecular formula is C26H36N6O2. The number of oxime groups is 1. The smallest absolute Gasteiger partial charge is 0.225 e. The zero-order valence-electron chi connectivity index (χ0n) is 20.3. The van der Waals surface area contributed by atoms with E-state index >= 15 is 0 Å². The van der Waals surface area contributed by atoms with Gasteiger partial charge in [0, 0.05) is 43.9 Å². The molecule has 2 saturated heterocycles. The summed E-state index contributed by atoms with van der Waals surface area (Å²) in [5, 5.41) is 4.46. The molecule has 2 N–H and O–H groups in total. The molecular weight excluding hydrogens is 428 g/mol. The van der Waals surface area contributed by atoms with E-state index in [0.29, 0.717) is 11.7 Å². The van der Waals surface area contributed by atoms with Crippen LogP contribution in [0.3, 0.4) is 0 Å². The molecule has 34 heavy (non-hydrogen) atoms. The standard InChI is InChI=1S/C26H36N6O2/c1-19(2)34-30-25(23-5-3-4-11-28-23)21-9-15-32(16-10-21)26(33)22-7-13-31(14-8-22)18-20-6-12-29-24(27)17-20/h3-6,11-12,17,19,21-22H,7-10,13-16,18H2,1-2H3,(H2,27,29)/b30-25-. The Kier molecular flexibility index (Phi) is 8.11. The Morgan fingerprint density at radius 3 is 2.44 bits per heavy atom. The van der Waals surface area contributed by atoms with Crippen molar-refractivity contribution in [2.24, 2.45) is 17.0 Å². The summed E-state index contributed by atoms with van der Waals surface area (Å²) in [6.45, 7) is 8.17. The van der Waals surface area contributed by atoms with Gasteiger partial charge in [0.1, 0.15) is 17.6 Å². The Bertz CT molecular complexity index is 964. The lowest BCUT2D eigenvalue weighted by molar-refractivity contribution is -0.138. The van der Waals surface area contributed by atoms with Gasteiger partial charge < -0.3 is 15.5 Å². The maximum Gasteiger partial charge on any atom is 0.225 e. The van der Waals surface area contributed by atoms with Crippen molar-refractivity contribution in [1.29, 1.82) is 0 Å². The summed E-state index contributed by atoms with van der Waals surface area (Å²) in [4.78, 5) is 31.8. The fourth-order valence-electron chi connectivity index (χ4n) is 4.83. The highest BCUT2D eigenvalue weighted by molar-refractivity contribution is 6.00. The van der Waals surface area contributed by atoms with Crippen LogP contribution in [0.15, 0.2) is 47.9 Å². The zero-order chi connectivity index (χ0) is 23.9. The minimum Gasteiger partial charge on any atom is -0.393 e. The number of likely N-dealkylation sites (tertiary alicyclic amines) is 2. The van der Waals surface area contributed by atoms with E-state index in [1.165, 1.54) is 5.56 Å². The molecule has 1 amide bonds. The van der Waals surface area contributed by atoms with E-state index in [-0.39, 0.29) is 17.9 Å². The lowest BCUT2D eigenvalue weighted by Gasteiger charge is -2.37. The van der Waals surface area contributed by atoms with Crippen molar-refractivity contribution in [3.8, 4) is 0 Å². The largest absolute Gasteiger partial charge is 0.393 e. The molecule has 2 aliphatic rings. The second-order valence-electron chi connectivity index (χ2n) is 9.58. The van der Waals surface area contributed by atoms with Gasteiger partial charge in [-0.1, -0.05) is 11.2 Å². The van der Waals surface area contributed by atoms with Crippen LogP contribution in [0.25, 0.3) is 0 Å². The molecule has 182 valence electrons. The second-order valence-corrected chi connectivity index (χ2v) is 9.58. The van der Waals surface area contributed by atoms with Crippen molar-refractivity contribution < 1.29 is 9.63 Å². The van der Waals surface area contributed by atoms with Crippen LogP contribution in [0.4, 0.5) is 5.82 Å². The van der Waals surface area contributed by atoms with E-state index in [1.807, 2.05) is 44.2 Å². The van der Waals surface area contributed by atoms with Gasteiger partial charge in [-0.2, -0.15) is 0 Å². The van der Waals surface area contributed by atoms with Crippen LogP contribution < -0.4 is 5.73 Å². The number of rotatable bonds is 7. The maximum atomic E-state index is 13.2. The molecule has 2 aromatic rings. The maximum absolute atomic E-state index is 13.2. The van der Waals surface area contributed by atoms with E-state index in [2.05, 4.69) is 24.9 Å². The number of hydrogen-bond donors (Lipinski definition) is 1. The summed E-state index contributed by atoms with van der Waals surface area (Å²) in [5.74, 6) is 1.22. The molecule has 0 spiro atoms. The normalized spacial score (nSPS) is 18.9. The van der Waals surface area contributed by atoms with Gasteiger partial charge in [0.2, 0.25) is 5.91 Å². The van der Waals surface area contributed by atoms with E-state index in [4.69, 9.17) is 10.6 Å². The van der Waals surface area contributed by atoms with Crippen LogP contribution in [0.2, 0.25) is 0 Å². The minimum absolute atomic E-state index is 0.0159.